The van der Waals surface area contributed by atoms with Crippen molar-refractivity contribution in [3.8, 4) is 0 Å². The van der Waals surface area contributed by atoms with Crippen molar-refractivity contribution in [1.29, 1.82) is 0 Å². The zero-order valence-electron chi connectivity index (χ0n) is 10.9. The molecule has 0 aliphatic rings. The number of hydrogen-bond acceptors (Lipinski definition) is 2. The van der Waals surface area contributed by atoms with Crippen LogP contribution in [0.1, 0.15) is 31.7 Å². The summed E-state index contributed by atoms with van der Waals surface area (Å²) in [5.74, 6) is -3.91. The van der Waals surface area contributed by atoms with Crippen LogP contribution in [0.15, 0.2) is 30.3 Å². The SMILES string of the molecule is CCCOC(=O)C(c1ccccc1)C(C)C(F)(F)F. The second-order valence-corrected chi connectivity index (χ2v) is 4.39. The number of rotatable bonds is 5. The molecular formula is C14H17F3O2. The van der Waals surface area contributed by atoms with Gasteiger partial charge in [-0.3, -0.25) is 4.79 Å². The molecule has 0 bridgehead atoms. The molecule has 0 aliphatic carbocycles. The number of benzene rings is 1. The van der Waals surface area contributed by atoms with Crippen molar-refractivity contribution in [2.75, 3.05) is 6.61 Å². The molecule has 0 radical (unpaired) electrons. The first kappa shape index (κ1) is 15.5. The van der Waals surface area contributed by atoms with E-state index >= 15 is 0 Å². The summed E-state index contributed by atoms with van der Waals surface area (Å²) < 4.78 is 43.5. The number of alkyl halides is 3. The first-order valence-electron chi connectivity index (χ1n) is 6.16. The Morgan fingerprint density at radius 1 is 1.26 bits per heavy atom. The molecule has 2 unspecified atom stereocenters. The van der Waals surface area contributed by atoms with Crippen molar-refractivity contribution in [3.05, 3.63) is 35.9 Å². The summed E-state index contributed by atoms with van der Waals surface area (Å²) in [7, 11) is 0. The normalized spacial score (nSPS) is 14.8. The number of carbonyl (C=O) groups excluding carboxylic acids is 1. The van der Waals surface area contributed by atoms with Gasteiger partial charge in [-0.1, -0.05) is 44.2 Å². The van der Waals surface area contributed by atoms with Crippen LogP contribution >= 0.6 is 0 Å². The summed E-state index contributed by atoms with van der Waals surface area (Å²) in [4.78, 5) is 11.9. The van der Waals surface area contributed by atoms with Crippen molar-refractivity contribution in [2.45, 2.75) is 32.4 Å². The van der Waals surface area contributed by atoms with Crippen LogP contribution in [0.2, 0.25) is 0 Å². The lowest BCUT2D eigenvalue weighted by Crippen LogP contribution is -2.32. The molecule has 1 aromatic rings. The lowest BCUT2D eigenvalue weighted by molar-refractivity contribution is -0.185. The minimum Gasteiger partial charge on any atom is -0.465 e. The molecule has 0 saturated heterocycles. The third-order valence-electron chi connectivity index (χ3n) is 2.88. The van der Waals surface area contributed by atoms with Gasteiger partial charge in [-0.25, -0.2) is 0 Å². The van der Waals surface area contributed by atoms with Crippen LogP contribution in [-0.2, 0) is 9.53 Å². The highest BCUT2D eigenvalue weighted by atomic mass is 19.4. The molecule has 5 heteroatoms. The predicted octanol–water partition coefficient (Wildman–Crippen LogP) is 3.92. The zero-order chi connectivity index (χ0) is 14.5. The number of hydrogen-bond donors (Lipinski definition) is 0. The average molecular weight is 274 g/mol. The second kappa shape index (κ2) is 6.59. The monoisotopic (exact) mass is 274 g/mol. The number of carbonyl (C=O) groups is 1. The van der Waals surface area contributed by atoms with Crippen molar-refractivity contribution in [1.82, 2.24) is 0 Å². The molecule has 2 nitrogen and oxygen atoms in total. The van der Waals surface area contributed by atoms with Crippen LogP contribution in [-0.4, -0.2) is 18.8 Å². The molecule has 106 valence electrons. The van der Waals surface area contributed by atoms with Crippen LogP contribution in [0.25, 0.3) is 0 Å². The van der Waals surface area contributed by atoms with E-state index in [0.717, 1.165) is 6.92 Å². The molecule has 0 aromatic heterocycles. The lowest BCUT2D eigenvalue weighted by Gasteiger charge is -2.24. The van der Waals surface area contributed by atoms with E-state index in [-0.39, 0.29) is 6.61 Å². The molecule has 19 heavy (non-hydrogen) atoms. The van der Waals surface area contributed by atoms with E-state index in [1.54, 1.807) is 25.1 Å². The summed E-state index contributed by atoms with van der Waals surface area (Å²) in [6.07, 6.45) is -3.86. The van der Waals surface area contributed by atoms with Crippen LogP contribution in [0.3, 0.4) is 0 Å². The van der Waals surface area contributed by atoms with Gasteiger partial charge >= 0.3 is 12.1 Å². The molecule has 2 atom stereocenters. The minimum absolute atomic E-state index is 0.132. The third-order valence-corrected chi connectivity index (χ3v) is 2.88. The summed E-state index contributed by atoms with van der Waals surface area (Å²) in [6.45, 7) is 2.93. The number of halogens is 3. The Morgan fingerprint density at radius 3 is 2.32 bits per heavy atom. The fraction of sp³-hybridized carbons (Fsp3) is 0.500. The van der Waals surface area contributed by atoms with Gasteiger partial charge in [-0.15, -0.1) is 0 Å². The van der Waals surface area contributed by atoms with E-state index in [1.165, 1.54) is 12.1 Å². The molecule has 0 heterocycles. The van der Waals surface area contributed by atoms with Crippen molar-refractivity contribution >= 4 is 5.97 Å². The first-order valence-corrected chi connectivity index (χ1v) is 6.16. The van der Waals surface area contributed by atoms with Gasteiger partial charge in [-0.2, -0.15) is 13.2 Å². The van der Waals surface area contributed by atoms with E-state index < -0.39 is 24.0 Å². The highest BCUT2D eigenvalue weighted by Gasteiger charge is 2.45. The lowest BCUT2D eigenvalue weighted by atomic mass is 9.87. The number of esters is 1. The quantitative estimate of drug-likeness (QED) is 0.761. The van der Waals surface area contributed by atoms with Gasteiger partial charge in [0.05, 0.1) is 18.4 Å². The van der Waals surface area contributed by atoms with Crippen LogP contribution < -0.4 is 0 Å². The van der Waals surface area contributed by atoms with E-state index in [2.05, 4.69) is 0 Å². The maximum atomic E-state index is 12.9. The Bertz CT molecular complexity index is 401. The second-order valence-electron chi connectivity index (χ2n) is 4.39. The van der Waals surface area contributed by atoms with Gasteiger partial charge in [0.2, 0.25) is 0 Å². The van der Waals surface area contributed by atoms with Gasteiger partial charge in [0.25, 0.3) is 0 Å². The predicted molar refractivity (Wildman–Crippen MR) is 65.7 cm³/mol. The Balaban J connectivity index is 3.01. The van der Waals surface area contributed by atoms with Crippen molar-refractivity contribution < 1.29 is 22.7 Å². The van der Waals surface area contributed by atoms with Crippen LogP contribution in [0, 0.1) is 5.92 Å². The van der Waals surface area contributed by atoms with E-state index in [9.17, 15) is 18.0 Å². The molecule has 1 rings (SSSR count). The summed E-state index contributed by atoms with van der Waals surface area (Å²) in [5.41, 5.74) is 0.327. The largest absolute Gasteiger partial charge is 0.465 e. The molecule has 0 N–H and O–H groups in total. The molecule has 0 saturated carbocycles. The topological polar surface area (TPSA) is 26.3 Å². The zero-order valence-corrected chi connectivity index (χ0v) is 10.9. The van der Waals surface area contributed by atoms with Crippen molar-refractivity contribution in [2.24, 2.45) is 5.92 Å². The highest BCUT2D eigenvalue weighted by Crippen LogP contribution is 2.38. The van der Waals surface area contributed by atoms with E-state index in [1.807, 2.05) is 0 Å². The Hall–Kier alpha value is -1.52. The van der Waals surface area contributed by atoms with Gasteiger partial charge < -0.3 is 4.74 Å². The number of ether oxygens (including phenoxy) is 1. The first-order chi connectivity index (χ1) is 8.88. The van der Waals surface area contributed by atoms with E-state index in [4.69, 9.17) is 4.74 Å². The van der Waals surface area contributed by atoms with Crippen LogP contribution in [0.5, 0.6) is 0 Å². The molecular weight excluding hydrogens is 257 g/mol. The maximum absolute atomic E-state index is 12.9. The van der Waals surface area contributed by atoms with Gasteiger partial charge in [-0.05, 0) is 12.0 Å². The Morgan fingerprint density at radius 2 is 1.84 bits per heavy atom. The molecule has 0 aliphatic heterocycles. The highest BCUT2D eigenvalue weighted by molar-refractivity contribution is 5.78. The molecule has 0 fully saturated rings. The van der Waals surface area contributed by atoms with Crippen LogP contribution in [0.4, 0.5) is 13.2 Å². The molecule has 0 amide bonds. The van der Waals surface area contributed by atoms with Gasteiger partial charge in [0.15, 0.2) is 0 Å². The standard InChI is InChI=1S/C14H17F3O2/c1-3-9-19-13(18)12(10(2)14(15,16)17)11-7-5-4-6-8-11/h4-8,10,12H,3,9H2,1-2H3. The third kappa shape index (κ3) is 4.26. The summed E-state index contributed by atoms with van der Waals surface area (Å²) in [6, 6.07) is 7.94. The smallest absolute Gasteiger partial charge is 0.392 e. The average Bonchev–Trinajstić information content (AvgIpc) is 2.36. The summed E-state index contributed by atoms with van der Waals surface area (Å²) >= 11 is 0. The maximum Gasteiger partial charge on any atom is 0.392 e. The Labute approximate surface area is 110 Å². The van der Waals surface area contributed by atoms with Gasteiger partial charge in [0, 0.05) is 0 Å². The molecule has 1 aromatic carbocycles. The molecule has 0 spiro atoms. The fourth-order valence-electron chi connectivity index (χ4n) is 1.77. The summed E-state index contributed by atoms with van der Waals surface area (Å²) in [5, 5.41) is 0. The van der Waals surface area contributed by atoms with Crippen molar-refractivity contribution in [3.63, 3.8) is 0 Å². The van der Waals surface area contributed by atoms with Gasteiger partial charge in [0.1, 0.15) is 0 Å². The van der Waals surface area contributed by atoms with E-state index in [0.29, 0.717) is 12.0 Å². The fourth-order valence-corrected chi connectivity index (χ4v) is 1.77. The minimum atomic E-state index is -4.44. The Kier molecular flexibility index (Phi) is 5.39.